The first kappa shape index (κ1) is 25.7. The molecule has 192 valence electrons. The molecule has 0 saturated carbocycles. The fourth-order valence-electron chi connectivity index (χ4n) is 4.53. The van der Waals surface area contributed by atoms with Crippen molar-refractivity contribution in [3.8, 4) is 0 Å². The summed E-state index contributed by atoms with van der Waals surface area (Å²) in [5.74, 6) is -3.94. The molecule has 1 unspecified atom stereocenters. The van der Waals surface area contributed by atoms with Crippen LogP contribution in [0.15, 0.2) is 48.5 Å². The number of ether oxygens (including phenoxy) is 1. The monoisotopic (exact) mass is 506 g/mol. The smallest absolute Gasteiger partial charge is 0.326 e. The van der Waals surface area contributed by atoms with Crippen LogP contribution in [0.2, 0.25) is 0 Å². The number of fused-ring (bicyclic) bond motifs is 2. The Balaban J connectivity index is 1.14. The highest BCUT2D eigenvalue weighted by molar-refractivity contribution is 6.23. The van der Waals surface area contributed by atoms with E-state index in [1.165, 1.54) is 17.0 Å². The third kappa shape index (κ3) is 5.28. The Labute approximate surface area is 212 Å². The molecule has 0 aliphatic carbocycles. The molecule has 4 rings (SSSR count). The molecule has 2 aliphatic rings. The number of aliphatic carboxylic acids is 1. The number of carboxylic acids is 1. The van der Waals surface area contributed by atoms with E-state index in [0.717, 1.165) is 6.42 Å². The summed E-state index contributed by atoms with van der Waals surface area (Å²) in [4.78, 5) is 75.6. The van der Waals surface area contributed by atoms with Crippen molar-refractivity contribution in [2.75, 3.05) is 13.2 Å². The molecule has 2 aliphatic heterocycles. The molecule has 1 N–H and O–H groups in total. The Morgan fingerprint density at radius 2 is 1.22 bits per heavy atom. The van der Waals surface area contributed by atoms with Crippen molar-refractivity contribution >= 4 is 35.6 Å². The lowest BCUT2D eigenvalue weighted by molar-refractivity contribution is -0.145. The van der Waals surface area contributed by atoms with Crippen LogP contribution in [-0.2, 0) is 14.3 Å². The number of amides is 4. The molecule has 2 aromatic rings. The van der Waals surface area contributed by atoms with Crippen LogP contribution in [0.5, 0.6) is 0 Å². The summed E-state index contributed by atoms with van der Waals surface area (Å²) in [5, 5.41) is 9.58. The number of carbonyl (C=O) groups is 6. The predicted molar refractivity (Wildman–Crippen MR) is 129 cm³/mol. The molecule has 0 aromatic heterocycles. The van der Waals surface area contributed by atoms with Gasteiger partial charge in [0.05, 0.1) is 28.9 Å². The van der Waals surface area contributed by atoms with Crippen molar-refractivity contribution in [1.82, 2.24) is 9.80 Å². The normalized spacial score (nSPS) is 15.1. The molecule has 0 fully saturated rings. The van der Waals surface area contributed by atoms with Crippen LogP contribution in [0.1, 0.15) is 80.0 Å². The molecule has 0 radical (unpaired) electrons. The van der Waals surface area contributed by atoms with Crippen LogP contribution in [0.3, 0.4) is 0 Å². The maximum absolute atomic E-state index is 12.6. The number of carboxylic acid groups (broad SMARTS) is 1. The number of hydrogen-bond donors (Lipinski definition) is 1. The molecule has 0 spiro atoms. The molecule has 2 heterocycles. The summed E-state index contributed by atoms with van der Waals surface area (Å²) in [5.41, 5.74) is 1.13. The topological polar surface area (TPSA) is 138 Å². The molecular formula is C27H26N2O8. The van der Waals surface area contributed by atoms with Crippen molar-refractivity contribution in [2.24, 2.45) is 0 Å². The van der Waals surface area contributed by atoms with Gasteiger partial charge in [-0.15, -0.1) is 0 Å². The molecule has 0 bridgehead atoms. The van der Waals surface area contributed by atoms with Crippen molar-refractivity contribution in [3.05, 3.63) is 70.8 Å². The highest BCUT2D eigenvalue weighted by atomic mass is 16.5. The number of imide groups is 2. The molecule has 0 saturated heterocycles. The van der Waals surface area contributed by atoms with Crippen LogP contribution >= 0.6 is 0 Å². The zero-order valence-corrected chi connectivity index (χ0v) is 20.1. The number of nitrogens with zero attached hydrogens (tertiary/aromatic N) is 2. The Morgan fingerprint density at radius 3 is 1.73 bits per heavy atom. The van der Waals surface area contributed by atoms with E-state index in [2.05, 4.69) is 0 Å². The number of carbonyl (C=O) groups excluding carboxylic acids is 5. The third-order valence-corrected chi connectivity index (χ3v) is 6.46. The van der Waals surface area contributed by atoms with E-state index in [-0.39, 0.29) is 42.4 Å². The van der Waals surface area contributed by atoms with Gasteiger partial charge in [-0.25, -0.2) is 4.79 Å². The van der Waals surface area contributed by atoms with Gasteiger partial charge in [0.2, 0.25) is 0 Å². The van der Waals surface area contributed by atoms with E-state index in [1.54, 1.807) is 36.4 Å². The second kappa shape index (κ2) is 11.2. The lowest BCUT2D eigenvalue weighted by Crippen LogP contribution is -2.45. The first-order valence-corrected chi connectivity index (χ1v) is 12.1. The van der Waals surface area contributed by atoms with E-state index in [9.17, 15) is 33.9 Å². The largest absolute Gasteiger partial charge is 0.480 e. The second-order valence-electron chi connectivity index (χ2n) is 8.86. The van der Waals surface area contributed by atoms with Crippen LogP contribution < -0.4 is 0 Å². The Bertz CT molecular complexity index is 1200. The minimum Gasteiger partial charge on any atom is -0.480 e. The maximum atomic E-state index is 12.6. The van der Waals surface area contributed by atoms with Gasteiger partial charge in [-0.3, -0.25) is 33.8 Å². The molecule has 10 nitrogen and oxygen atoms in total. The summed E-state index contributed by atoms with van der Waals surface area (Å²) in [6.45, 7) is 0.455. The molecule has 1 atom stereocenters. The number of esters is 1. The SMILES string of the molecule is O=C(CCC(C(=O)O)N1C(=O)c2ccccc2C1=O)OCCCCCCN1C(=O)c2ccccc2C1=O. The molecular weight excluding hydrogens is 480 g/mol. The van der Waals surface area contributed by atoms with Crippen molar-refractivity contribution in [1.29, 1.82) is 0 Å². The van der Waals surface area contributed by atoms with Gasteiger partial charge in [-0.05, 0) is 49.9 Å². The number of hydrogen-bond acceptors (Lipinski definition) is 7. The van der Waals surface area contributed by atoms with Crippen LogP contribution in [-0.4, -0.2) is 69.7 Å². The first-order chi connectivity index (χ1) is 17.8. The fraction of sp³-hybridized carbons (Fsp3) is 0.333. The van der Waals surface area contributed by atoms with Gasteiger partial charge in [0.25, 0.3) is 23.6 Å². The van der Waals surface area contributed by atoms with E-state index in [4.69, 9.17) is 4.74 Å². The Kier molecular flexibility index (Phi) is 7.76. The summed E-state index contributed by atoms with van der Waals surface area (Å²) in [6, 6.07) is 11.4. The minimum absolute atomic E-state index is 0.136. The molecule has 37 heavy (non-hydrogen) atoms. The predicted octanol–water partition coefficient (Wildman–Crippen LogP) is 2.92. The number of unbranched alkanes of at least 4 members (excludes halogenated alkanes) is 3. The van der Waals surface area contributed by atoms with Gasteiger partial charge >= 0.3 is 11.9 Å². The molecule has 2 aromatic carbocycles. The van der Waals surface area contributed by atoms with Gasteiger partial charge in [0.15, 0.2) is 0 Å². The van der Waals surface area contributed by atoms with Crippen LogP contribution in [0.25, 0.3) is 0 Å². The van der Waals surface area contributed by atoms with Crippen molar-refractivity contribution in [2.45, 2.75) is 44.6 Å². The average Bonchev–Trinajstić information content (AvgIpc) is 3.29. The third-order valence-electron chi connectivity index (χ3n) is 6.46. The zero-order valence-electron chi connectivity index (χ0n) is 20.1. The molecule has 10 heteroatoms. The average molecular weight is 507 g/mol. The standard InChI is InChI=1S/C27H26N2O8/c30-22(14-13-21(27(35)36)29-25(33)19-11-5-6-12-20(19)26(29)34)37-16-8-2-1-7-15-28-23(31)17-9-3-4-10-18(17)24(28)32/h3-6,9-12,21H,1-2,7-8,13-16H2,(H,35,36). The lowest BCUT2D eigenvalue weighted by Gasteiger charge is -2.22. The highest BCUT2D eigenvalue weighted by Gasteiger charge is 2.42. The number of benzene rings is 2. The highest BCUT2D eigenvalue weighted by Crippen LogP contribution is 2.26. The van der Waals surface area contributed by atoms with Gasteiger partial charge in [-0.2, -0.15) is 0 Å². The lowest BCUT2D eigenvalue weighted by atomic mass is 10.1. The summed E-state index contributed by atoms with van der Waals surface area (Å²) >= 11 is 0. The Morgan fingerprint density at radius 1 is 0.730 bits per heavy atom. The second-order valence-corrected chi connectivity index (χ2v) is 8.86. The van der Waals surface area contributed by atoms with E-state index >= 15 is 0 Å². The first-order valence-electron chi connectivity index (χ1n) is 12.1. The fourth-order valence-corrected chi connectivity index (χ4v) is 4.53. The zero-order chi connectivity index (χ0) is 26.5. The van der Waals surface area contributed by atoms with Gasteiger partial charge in [0.1, 0.15) is 6.04 Å². The van der Waals surface area contributed by atoms with E-state index in [0.29, 0.717) is 41.8 Å². The summed E-state index contributed by atoms with van der Waals surface area (Å²) in [6.07, 6.45) is 2.12. The van der Waals surface area contributed by atoms with Crippen LogP contribution in [0.4, 0.5) is 0 Å². The van der Waals surface area contributed by atoms with Crippen molar-refractivity contribution in [3.63, 3.8) is 0 Å². The quantitative estimate of drug-likeness (QED) is 0.263. The summed E-state index contributed by atoms with van der Waals surface area (Å²) < 4.78 is 5.17. The molecule has 4 amide bonds. The minimum atomic E-state index is -1.47. The Hall–Kier alpha value is -4.34. The maximum Gasteiger partial charge on any atom is 0.326 e. The van der Waals surface area contributed by atoms with Gasteiger partial charge in [0, 0.05) is 13.0 Å². The van der Waals surface area contributed by atoms with Crippen molar-refractivity contribution < 1.29 is 38.6 Å². The van der Waals surface area contributed by atoms with Gasteiger partial charge in [-0.1, -0.05) is 30.7 Å². The van der Waals surface area contributed by atoms with E-state index < -0.39 is 29.8 Å². The van der Waals surface area contributed by atoms with Gasteiger partial charge < -0.3 is 9.84 Å². The van der Waals surface area contributed by atoms with Crippen LogP contribution in [0, 0.1) is 0 Å². The summed E-state index contributed by atoms with van der Waals surface area (Å²) in [7, 11) is 0. The number of rotatable bonds is 12. The van der Waals surface area contributed by atoms with E-state index in [1.807, 2.05) is 0 Å².